The third kappa shape index (κ3) is 6.86. The summed E-state index contributed by atoms with van der Waals surface area (Å²) < 4.78 is 4.96. The quantitative estimate of drug-likeness (QED) is 0.537. The SMILES string of the molecule is CCCCOC(=O)c1ccccc1C(=O)O.OCCO. The Kier molecular flexibility index (Phi) is 9.90. The van der Waals surface area contributed by atoms with Crippen molar-refractivity contribution in [2.45, 2.75) is 19.8 Å². The van der Waals surface area contributed by atoms with E-state index in [1.165, 1.54) is 12.1 Å². The van der Waals surface area contributed by atoms with Crippen LogP contribution in [0.2, 0.25) is 0 Å². The largest absolute Gasteiger partial charge is 0.478 e. The van der Waals surface area contributed by atoms with Gasteiger partial charge in [-0.15, -0.1) is 0 Å². The molecule has 0 saturated heterocycles. The Balaban J connectivity index is 0.000000796. The van der Waals surface area contributed by atoms with E-state index < -0.39 is 11.9 Å². The molecule has 0 spiro atoms. The van der Waals surface area contributed by atoms with Crippen molar-refractivity contribution in [1.29, 1.82) is 0 Å². The van der Waals surface area contributed by atoms with Crippen LogP contribution in [0.4, 0.5) is 0 Å². The van der Waals surface area contributed by atoms with Crippen LogP contribution < -0.4 is 0 Å². The Bertz CT molecular complexity index is 414. The number of unbranched alkanes of at least 4 members (excludes halogenated alkanes) is 1. The van der Waals surface area contributed by atoms with Crippen LogP contribution in [0.3, 0.4) is 0 Å². The lowest BCUT2D eigenvalue weighted by Crippen LogP contribution is -2.12. The van der Waals surface area contributed by atoms with E-state index in [1.807, 2.05) is 6.92 Å². The van der Waals surface area contributed by atoms with Crippen LogP contribution in [0.1, 0.15) is 40.5 Å². The van der Waals surface area contributed by atoms with Gasteiger partial charge in [0.1, 0.15) is 0 Å². The molecule has 0 heterocycles. The molecule has 6 nitrogen and oxygen atoms in total. The van der Waals surface area contributed by atoms with Gasteiger partial charge in [-0.05, 0) is 18.6 Å². The molecule has 112 valence electrons. The van der Waals surface area contributed by atoms with Crippen molar-refractivity contribution in [1.82, 2.24) is 0 Å². The molecule has 1 aromatic rings. The zero-order chi connectivity index (χ0) is 15.4. The number of carbonyl (C=O) groups excluding carboxylic acids is 1. The highest BCUT2D eigenvalue weighted by Crippen LogP contribution is 2.10. The molecule has 0 saturated carbocycles. The molecular formula is C14H20O6. The monoisotopic (exact) mass is 284 g/mol. The first kappa shape index (κ1) is 18.1. The summed E-state index contributed by atoms with van der Waals surface area (Å²) in [5, 5.41) is 24.1. The summed E-state index contributed by atoms with van der Waals surface area (Å²) in [5.41, 5.74) is 0.0788. The number of carbonyl (C=O) groups is 2. The van der Waals surface area contributed by atoms with Gasteiger partial charge in [0, 0.05) is 0 Å². The highest BCUT2D eigenvalue weighted by Gasteiger charge is 2.16. The number of hydrogen-bond acceptors (Lipinski definition) is 5. The summed E-state index contributed by atoms with van der Waals surface area (Å²) in [4.78, 5) is 22.4. The normalized spacial score (nSPS) is 9.35. The third-order valence-corrected chi connectivity index (χ3v) is 2.21. The molecule has 0 bridgehead atoms. The summed E-state index contributed by atoms with van der Waals surface area (Å²) in [6, 6.07) is 6.03. The van der Waals surface area contributed by atoms with Gasteiger partial charge in [-0.2, -0.15) is 0 Å². The fourth-order valence-electron chi connectivity index (χ4n) is 1.23. The number of carboxylic acid groups (broad SMARTS) is 1. The highest BCUT2D eigenvalue weighted by molar-refractivity contribution is 6.02. The molecule has 6 heteroatoms. The average Bonchev–Trinajstić information content (AvgIpc) is 2.47. The Morgan fingerprint density at radius 3 is 2.10 bits per heavy atom. The maximum Gasteiger partial charge on any atom is 0.339 e. The predicted octanol–water partition coefficient (Wildman–Crippen LogP) is 1.31. The van der Waals surface area contributed by atoms with Crippen molar-refractivity contribution in [2.75, 3.05) is 19.8 Å². The van der Waals surface area contributed by atoms with Gasteiger partial charge in [-0.1, -0.05) is 25.5 Å². The van der Waals surface area contributed by atoms with Crippen molar-refractivity contribution >= 4 is 11.9 Å². The molecule has 0 aliphatic heterocycles. The van der Waals surface area contributed by atoms with Crippen molar-refractivity contribution in [3.05, 3.63) is 35.4 Å². The number of rotatable bonds is 6. The fraction of sp³-hybridized carbons (Fsp3) is 0.429. The molecule has 0 aliphatic carbocycles. The Morgan fingerprint density at radius 1 is 1.10 bits per heavy atom. The molecule has 1 rings (SSSR count). The average molecular weight is 284 g/mol. The number of ether oxygens (including phenoxy) is 1. The lowest BCUT2D eigenvalue weighted by Gasteiger charge is -2.06. The van der Waals surface area contributed by atoms with Crippen LogP contribution in [0, 0.1) is 0 Å². The minimum absolute atomic E-state index is 0.0241. The summed E-state index contributed by atoms with van der Waals surface area (Å²) in [5.74, 6) is -1.70. The fourth-order valence-corrected chi connectivity index (χ4v) is 1.23. The molecule has 0 unspecified atom stereocenters. The summed E-state index contributed by atoms with van der Waals surface area (Å²) in [6.07, 6.45) is 1.70. The van der Waals surface area contributed by atoms with Crippen molar-refractivity contribution in [2.24, 2.45) is 0 Å². The molecule has 0 amide bonds. The van der Waals surface area contributed by atoms with Gasteiger partial charge in [0.15, 0.2) is 0 Å². The zero-order valence-corrected chi connectivity index (χ0v) is 11.4. The first-order valence-corrected chi connectivity index (χ1v) is 6.29. The molecule has 0 aromatic heterocycles. The minimum Gasteiger partial charge on any atom is -0.478 e. The van der Waals surface area contributed by atoms with Crippen LogP contribution in [0.15, 0.2) is 24.3 Å². The zero-order valence-electron chi connectivity index (χ0n) is 11.4. The van der Waals surface area contributed by atoms with Crippen LogP contribution in [0.25, 0.3) is 0 Å². The van der Waals surface area contributed by atoms with Gasteiger partial charge in [-0.25, -0.2) is 9.59 Å². The number of aliphatic hydroxyl groups excluding tert-OH is 2. The Labute approximate surface area is 117 Å². The molecule has 1 aromatic carbocycles. The summed E-state index contributed by atoms with van der Waals surface area (Å²) in [7, 11) is 0. The molecule has 0 atom stereocenters. The van der Waals surface area contributed by atoms with Gasteiger partial charge < -0.3 is 20.1 Å². The molecule has 3 N–H and O–H groups in total. The Morgan fingerprint density at radius 2 is 1.65 bits per heavy atom. The van der Waals surface area contributed by atoms with E-state index in [9.17, 15) is 9.59 Å². The van der Waals surface area contributed by atoms with Gasteiger partial charge in [0.2, 0.25) is 0 Å². The predicted molar refractivity (Wildman–Crippen MR) is 72.8 cm³/mol. The molecular weight excluding hydrogens is 264 g/mol. The van der Waals surface area contributed by atoms with E-state index in [0.717, 1.165) is 12.8 Å². The second kappa shape index (κ2) is 11.0. The van der Waals surface area contributed by atoms with E-state index >= 15 is 0 Å². The number of aliphatic hydroxyl groups is 2. The molecule has 0 radical (unpaired) electrons. The number of esters is 1. The van der Waals surface area contributed by atoms with Gasteiger partial charge in [-0.3, -0.25) is 0 Å². The van der Waals surface area contributed by atoms with E-state index in [0.29, 0.717) is 6.61 Å². The number of hydrogen-bond donors (Lipinski definition) is 3. The van der Waals surface area contributed by atoms with Crippen molar-refractivity contribution < 1.29 is 29.6 Å². The lowest BCUT2D eigenvalue weighted by molar-refractivity contribution is 0.0489. The maximum atomic E-state index is 11.6. The summed E-state index contributed by atoms with van der Waals surface area (Å²) in [6.45, 7) is 2.06. The lowest BCUT2D eigenvalue weighted by atomic mass is 10.1. The number of carboxylic acids is 1. The van der Waals surface area contributed by atoms with E-state index in [2.05, 4.69) is 0 Å². The minimum atomic E-state index is -1.12. The van der Waals surface area contributed by atoms with Crippen LogP contribution in [-0.4, -0.2) is 47.1 Å². The second-order valence-electron chi connectivity index (χ2n) is 3.79. The van der Waals surface area contributed by atoms with Gasteiger partial charge >= 0.3 is 11.9 Å². The van der Waals surface area contributed by atoms with E-state index in [-0.39, 0.29) is 24.3 Å². The smallest absolute Gasteiger partial charge is 0.339 e. The Hall–Kier alpha value is -1.92. The molecule has 0 fully saturated rings. The van der Waals surface area contributed by atoms with Crippen molar-refractivity contribution in [3.63, 3.8) is 0 Å². The maximum absolute atomic E-state index is 11.6. The standard InChI is InChI=1S/C12H14O4.C2H6O2/c1-2-3-8-16-12(15)10-7-5-4-6-9(10)11(13)14;3-1-2-4/h4-7H,2-3,8H2,1H3,(H,13,14);3-4H,1-2H2. The first-order valence-electron chi connectivity index (χ1n) is 6.29. The number of aromatic carboxylic acids is 1. The number of benzene rings is 1. The highest BCUT2D eigenvalue weighted by atomic mass is 16.5. The second-order valence-corrected chi connectivity index (χ2v) is 3.79. The summed E-state index contributed by atoms with van der Waals surface area (Å²) >= 11 is 0. The van der Waals surface area contributed by atoms with Gasteiger partial charge in [0.25, 0.3) is 0 Å². The van der Waals surface area contributed by atoms with Crippen LogP contribution in [-0.2, 0) is 4.74 Å². The third-order valence-electron chi connectivity index (χ3n) is 2.21. The van der Waals surface area contributed by atoms with E-state index in [1.54, 1.807) is 12.1 Å². The van der Waals surface area contributed by atoms with E-state index in [4.69, 9.17) is 20.1 Å². The van der Waals surface area contributed by atoms with Crippen molar-refractivity contribution in [3.8, 4) is 0 Å². The van der Waals surface area contributed by atoms with Gasteiger partial charge in [0.05, 0.1) is 30.9 Å². The first-order chi connectivity index (χ1) is 9.58. The molecule has 0 aliphatic rings. The topological polar surface area (TPSA) is 104 Å². The van der Waals surface area contributed by atoms with Crippen LogP contribution in [0.5, 0.6) is 0 Å². The molecule has 20 heavy (non-hydrogen) atoms. The van der Waals surface area contributed by atoms with Crippen LogP contribution >= 0.6 is 0 Å².